The van der Waals surface area contributed by atoms with Crippen molar-refractivity contribution < 1.29 is 8.42 Å². The second-order valence-electron chi connectivity index (χ2n) is 5.75. The van der Waals surface area contributed by atoms with Crippen LogP contribution in [0.2, 0.25) is 0 Å². The second-order valence-corrected chi connectivity index (χ2v) is 7.49. The number of nitrogens with two attached hydrogens (primary N) is 1. The smallest absolute Gasteiger partial charge is 0.242 e. The van der Waals surface area contributed by atoms with Gasteiger partial charge in [-0.25, -0.2) is 13.1 Å². The van der Waals surface area contributed by atoms with Gasteiger partial charge in [0.25, 0.3) is 0 Å². The van der Waals surface area contributed by atoms with Crippen LogP contribution in [-0.2, 0) is 10.0 Å². The predicted octanol–water partition coefficient (Wildman–Crippen LogP) is 1.65. The second kappa shape index (κ2) is 6.34. The fourth-order valence-electron chi connectivity index (χ4n) is 2.87. The van der Waals surface area contributed by atoms with Crippen molar-refractivity contribution in [1.82, 2.24) is 9.62 Å². The van der Waals surface area contributed by atoms with Crippen LogP contribution in [0.1, 0.15) is 30.9 Å². The van der Waals surface area contributed by atoms with Gasteiger partial charge in [0.05, 0.1) is 5.69 Å². The number of rotatable bonds is 5. The molecule has 0 amide bonds. The molecule has 5 nitrogen and oxygen atoms in total. The molecule has 1 saturated heterocycles. The molecule has 1 unspecified atom stereocenters. The lowest BCUT2D eigenvalue weighted by atomic mass is 10.1. The summed E-state index contributed by atoms with van der Waals surface area (Å²) in [5.41, 5.74) is 8.12. The maximum absolute atomic E-state index is 12.5. The van der Waals surface area contributed by atoms with Gasteiger partial charge in [-0.2, -0.15) is 0 Å². The predicted molar refractivity (Wildman–Crippen MR) is 85.8 cm³/mol. The van der Waals surface area contributed by atoms with Crippen molar-refractivity contribution in [3.05, 3.63) is 23.3 Å². The summed E-state index contributed by atoms with van der Waals surface area (Å²) in [7, 11) is -3.55. The Balaban J connectivity index is 2.14. The van der Waals surface area contributed by atoms with Crippen molar-refractivity contribution in [3.63, 3.8) is 0 Å². The molecule has 2 rings (SSSR count). The normalized spacial score (nSPS) is 20.0. The van der Waals surface area contributed by atoms with Gasteiger partial charge < -0.3 is 5.73 Å². The van der Waals surface area contributed by atoms with Gasteiger partial charge in [0.15, 0.2) is 0 Å². The van der Waals surface area contributed by atoms with E-state index >= 15 is 0 Å². The van der Waals surface area contributed by atoms with Gasteiger partial charge >= 0.3 is 0 Å². The van der Waals surface area contributed by atoms with Gasteiger partial charge in [-0.1, -0.05) is 6.92 Å². The number of sulfonamides is 1. The first-order chi connectivity index (χ1) is 9.85. The van der Waals surface area contributed by atoms with Crippen molar-refractivity contribution in [2.45, 2.75) is 44.6 Å². The third-order valence-corrected chi connectivity index (χ3v) is 5.81. The lowest BCUT2D eigenvalue weighted by Crippen LogP contribution is -2.40. The number of benzene rings is 1. The summed E-state index contributed by atoms with van der Waals surface area (Å²) < 4.78 is 27.6. The summed E-state index contributed by atoms with van der Waals surface area (Å²) >= 11 is 0. The summed E-state index contributed by atoms with van der Waals surface area (Å²) in [4.78, 5) is 2.50. The number of aryl methyl sites for hydroxylation is 2. The number of anilines is 1. The maximum Gasteiger partial charge on any atom is 0.242 e. The molecule has 3 N–H and O–H groups in total. The zero-order valence-electron chi connectivity index (χ0n) is 13.0. The van der Waals surface area contributed by atoms with E-state index in [9.17, 15) is 8.42 Å². The molecule has 0 aromatic heterocycles. The highest BCUT2D eigenvalue weighted by Gasteiger charge is 2.26. The van der Waals surface area contributed by atoms with Gasteiger partial charge in [0, 0.05) is 12.6 Å². The minimum atomic E-state index is -3.55. The molecule has 1 aromatic carbocycles. The number of hydrogen-bond acceptors (Lipinski definition) is 4. The quantitative estimate of drug-likeness (QED) is 0.811. The zero-order valence-corrected chi connectivity index (χ0v) is 13.8. The molecule has 118 valence electrons. The lowest BCUT2D eigenvalue weighted by molar-refractivity contribution is 0.268. The van der Waals surface area contributed by atoms with E-state index in [1.165, 1.54) is 0 Å². The SMILES string of the molecule is CCN1CCCC1CNS(=O)(=O)c1cc(C)c(C)cc1N. The van der Waals surface area contributed by atoms with Gasteiger partial charge in [0.2, 0.25) is 10.0 Å². The van der Waals surface area contributed by atoms with Crippen LogP contribution in [0.5, 0.6) is 0 Å². The van der Waals surface area contributed by atoms with Gasteiger partial charge in [-0.3, -0.25) is 4.90 Å². The zero-order chi connectivity index (χ0) is 15.6. The van der Waals surface area contributed by atoms with E-state index in [1.807, 2.05) is 13.8 Å². The Morgan fingerprint density at radius 2 is 2.00 bits per heavy atom. The molecule has 0 bridgehead atoms. The Hall–Kier alpha value is -1.11. The number of likely N-dealkylation sites (tertiary alicyclic amines) is 1. The summed E-state index contributed by atoms with van der Waals surface area (Å²) in [6, 6.07) is 3.66. The highest BCUT2D eigenvalue weighted by atomic mass is 32.2. The average molecular weight is 311 g/mol. The number of nitrogen functional groups attached to an aromatic ring is 1. The molecule has 1 aliphatic rings. The summed E-state index contributed by atoms with van der Waals surface area (Å²) in [5, 5.41) is 0. The van der Waals surface area contributed by atoms with Crippen LogP contribution in [-0.4, -0.2) is 39.0 Å². The van der Waals surface area contributed by atoms with Gasteiger partial charge in [0.1, 0.15) is 4.90 Å². The molecule has 6 heteroatoms. The van der Waals surface area contributed by atoms with Crippen LogP contribution in [0.4, 0.5) is 5.69 Å². The Morgan fingerprint density at radius 3 is 2.67 bits per heavy atom. The highest BCUT2D eigenvalue weighted by Crippen LogP contribution is 2.23. The van der Waals surface area contributed by atoms with Crippen LogP contribution in [0.15, 0.2) is 17.0 Å². The Morgan fingerprint density at radius 1 is 1.33 bits per heavy atom. The molecular formula is C15H25N3O2S. The average Bonchev–Trinajstić information content (AvgIpc) is 2.88. The van der Waals surface area contributed by atoms with Crippen molar-refractivity contribution in [2.24, 2.45) is 0 Å². The van der Waals surface area contributed by atoms with Gasteiger partial charge in [-0.05, 0) is 63.0 Å². The molecule has 0 saturated carbocycles. The Bertz CT molecular complexity index is 614. The van der Waals surface area contributed by atoms with Crippen molar-refractivity contribution >= 4 is 15.7 Å². The lowest BCUT2D eigenvalue weighted by Gasteiger charge is -2.23. The first-order valence-electron chi connectivity index (χ1n) is 7.45. The van der Waals surface area contributed by atoms with E-state index in [1.54, 1.807) is 12.1 Å². The maximum atomic E-state index is 12.5. The molecule has 1 atom stereocenters. The fraction of sp³-hybridized carbons (Fsp3) is 0.600. The summed E-state index contributed by atoms with van der Waals surface area (Å²) in [6.07, 6.45) is 2.17. The monoisotopic (exact) mass is 311 g/mol. The molecule has 1 heterocycles. The van der Waals surface area contributed by atoms with Crippen molar-refractivity contribution in [2.75, 3.05) is 25.4 Å². The number of nitrogens with zero attached hydrogens (tertiary/aromatic N) is 1. The Kier molecular flexibility index (Phi) is 4.91. The van der Waals surface area contributed by atoms with Gasteiger partial charge in [-0.15, -0.1) is 0 Å². The van der Waals surface area contributed by atoms with Crippen LogP contribution < -0.4 is 10.5 Å². The molecule has 0 aliphatic carbocycles. The van der Waals surface area contributed by atoms with E-state index in [0.29, 0.717) is 12.2 Å². The standard InChI is InChI=1S/C15H25N3O2S/c1-4-18-7-5-6-13(18)10-17-21(19,20)15-9-12(3)11(2)8-14(15)16/h8-9,13,17H,4-7,10,16H2,1-3H3. The third-order valence-electron chi connectivity index (χ3n) is 4.33. The largest absolute Gasteiger partial charge is 0.398 e. The molecular weight excluding hydrogens is 286 g/mol. The fourth-order valence-corrected chi connectivity index (χ4v) is 4.14. The first-order valence-corrected chi connectivity index (χ1v) is 8.94. The molecule has 1 aromatic rings. The molecule has 0 radical (unpaired) electrons. The minimum Gasteiger partial charge on any atom is -0.398 e. The number of nitrogens with one attached hydrogen (secondary N) is 1. The van der Waals surface area contributed by atoms with Crippen LogP contribution in [0.3, 0.4) is 0 Å². The first kappa shape index (κ1) is 16.3. The Labute approximate surface area is 127 Å². The molecule has 0 spiro atoms. The van der Waals surface area contributed by atoms with Crippen molar-refractivity contribution in [3.8, 4) is 0 Å². The van der Waals surface area contributed by atoms with E-state index in [4.69, 9.17) is 5.73 Å². The molecule has 1 fully saturated rings. The van der Waals surface area contributed by atoms with Crippen LogP contribution in [0, 0.1) is 13.8 Å². The highest BCUT2D eigenvalue weighted by molar-refractivity contribution is 7.89. The molecule has 1 aliphatic heterocycles. The minimum absolute atomic E-state index is 0.187. The van der Waals surface area contributed by atoms with E-state index in [-0.39, 0.29) is 10.9 Å². The van der Waals surface area contributed by atoms with E-state index in [2.05, 4.69) is 16.5 Å². The summed E-state index contributed by atoms with van der Waals surface area (Å²) in [5.74, 6) is 0. The topological polar surface area (TPSA) is 75.4 Å². The van der Waals surface area contributed by atoms with Crippen molar-refractivity contribution in [1.29, 1.82) is 0 Å². The van der Waals surface area contributed by atoms with Crippen LogP contribution in [0.25, 0.3) is 0 Å². The van der Waals surface area contributed by atoms with E-state index in [0.717, 1.165) is 37.1 Å². The number of hydrogen-bond donors (Lipinski definition) is 2. The summed E-state index contributed by atoms with van der Waals surface area (Å²) in [6.45, 7) is 8.38. The molecule has 21 heavy (non-hydrogen) atoms. The number of likely N-dealkylation sites (N-methyl/N-ethyl adjacent to an activating group) is 1. The van der Waals surface area contributed by atoms with Crippen LogP contribution >= 0.6 is 0 Å². The van der Waals surface area contributed by atoms with E-state index < -0.39 is 10.0 Å². The third kappa shape index (κ3) is 3.56.